The van der Waals surface area contributed by atoms with E-state index in [9.17, 15) is 4.79 Å². The van der Waals surface area contributed by atoms with Crippen LogP contribution in [0.1, 0.15) is 37.3 Å². The van der Waals surface area contributed by atoms with Gasteiger partial charge in [0, 0.05) is 11.8 Å². The number of carbonyl (C=O) groups excluding carboxylic acids is 1. The van der Waals surface area contributed by atoms with Gasteiger partial charge in [0.25, 0.3) is 0 Å². The van der Waals surface area contributed by atoms with Crippen LogP contribution in [0.5, 0.6) is 5.75 Å². The van der Waals surface area contributed by atoms with Crippen LogP contribution in [-0.2, 0) is 4.79 Å². The first-order valence-corrected chi connectivity index (χ1v) is 7.85. The van der Waals surface area contributed by atoms with Crippen LogP contribution in [-0.4, -0.2) is 13.0 Å². The third-order valence-corrected chi connectivity index (χ3v) is 3.90. The lowest BCUT2D eigenvalue weighted by Gasteiger charge is -2.09. The number of hydrogen-bond acceptors (Lipinski definition) is 2. The SMILES string of the molecule is CCC(C)c1ccc(NC(=O)C=Cc2ccc(OC)cc2)cc1. The van der Waals surface area contributed by atoms with Crippen LogP contribution in [0.3, 0.4) is 0 Å². The Morgan fingerprint density at radius 1 is 1.13 bits per heavy atom. The Kier molecular flexibility index (Phi) is 5.98. The fraction of sp³-hybridized carbons (Fsp3) is 0.250. The first-order valence-electron chi connectivity index (χ1n) is 7.85. The molecule has 3 heteroatoms. The Morgan fingerprint density at radius 3 is 2.35 bits per heavy atom. The lowest BCUT2D eigenvalue weighted by Crippen LogP contribution is -2.07. The summed E-state index contributed by atoms with van der Waals surface area (Å²) in [4.78, 5) is 12.0. The molecule has 1 unspecified atom stereocenters. The average molecular weight is 309 g/mol. The molecule has 1 N–H and O–H groups in total. The molecule has 0 aliphatic heterocycles. The normalized spacial score (nSPS) is 12.1. The molecule has 2 aromatic carbocycles. The van der Waals surface area contributed by atoms with Crippen molar-refractivity contribution in [2.75, 3.05) is 12.4 Å². The van der Waals surface area contributed by atoms with Gasteiger partial charge in [0.2, 0.25) is 5.91 Å². The average Bonchev–Trinajstić information content (AvgIpc) is 2.60. The predicted molar refractivity (Wildman–Crippen MR) is 95.8 cm³/mol. The fourth-order valence-corrected chi connectivity index (χ4v) is 2.20. The molecule has 0 fully saturated rings. The van der Waals surface area contributed by atoms with Crippen molar-refractivity contribution in [1.29, 1.82) is 0 Å². The Morgan fingerprint density at radius 2 is 1.78 bits per heavy atom. The van der Waals surface area contributed by atoms with Crippen molar-refractivity contribution in [3.05, 3.63) is 65.7 Å². The van der Waals surface area contributed by atoms with E-state index in [0.717, 1.165) is 23.4 Å². The summed E-state index contributed by atoms with van der Waals surface area (Å²) in [5, 5.41) is 2.87. The van der Waals surface area contributed by atoms with E-state index in [1.807, 2.05) is 36.4 Å². The van der Waals surface area contributed by atoms with Gasteiger partial charge in [-0.3, -0.25) is 4.79 Å². The van der Waals surface area contributed by atoms with Gasteiger partial charge in [-0.2, -0.15) is 0 Å². The number of amides is 1. The Bertz CT molecular complexity index is 657. The zero-order valence-electron chi connectivity index (χ0n) is 13.9. The van der Waals surface area contributed by atoms with Gasteiger partial charge in [-0.05, 0) is 53.8 Å². The zero-order chi connectivity index (χ0) is 16.7. The minimum atomic E-state index is -0.142. The number of benzene rings is 2. The van der Waals surface area contributed by atoms with Crippen molar-refractivity contribution in [3.63, 3.8) is 0 Å². The van der Waals surface area contributed by atoms with Gasteiger partial charge >= 0.3 is 0 Å². The van der Waals surface area contributed by atoms with E-state index in [4.69, 9.17) is 4.74 Å². The summed E-state index contributed by atoms with van der Waals surface area (Å²) in [7, 11) is 1.63. The maximum atomic E-state index is 12.0. The Hall–Kier alpha value is -2.55. The molecule has 0 bridgehead atoms. The highest BCUT2D eigenvalue weighted by Gasteiger charge is 2.03. The van der Waals surface area contributed by atoms with Crippen LogP contribution < -0.4 is 10.1 Å². The molecule has 0 radical (unpaired) electrons. The zero-order valence-corrected chi connectivity index (χ0v) is 13.9. The Balaban J connectivity index is 1.94. The highest BCUT2D eigenvalue weighted by atomic mass is 16.5. The van der Waals surface area contributed by atoms with E-state index >= 15 is 0 Å². The van der Waals surface area contributed by atoms with E-state index < -0.39 is 0 Å². The lowest BCUT2D eigenvalue weighted by atomic mass is 9.99. The van der Waals surface area contributed by atoms with Crippen molar-refractivity contribution < 1.29 is 9.53 Å². The summed E-state index contributed by atoms with van der Waals surface area (Å²) in [6.07, 6.45) is 4.42. The van der Waals surface area contributed by atoms with Gasteiger partial charge in [-0.15, -0.1) is 0 Å². The van der Waals surface area contributed by atoms with Crippen LogP contribution in [0.15, 0.2) is 54.6 Å². The molecule has 0 heterocycles. The van der Waals surface area contributed by atoms with E-state index in [1.165, 1.54) is 11.6 Å². The summed E-state index contributed by atoms with van der Waals surface area (Å²) in [6.45, 7) is 4.37. The monoisotopic (exact) mass is 309 g/mol. The van der Waals surface area contributed by atoms with E-state index in [2.05, 4.69) is 31.3 Å². The minimum absolute atomic E-state index is 0.142. The maximum Gasteiger partial charge on any atom is 0.248 e. The molecule has 0 aliphatic rings. The molecular weight excluding hydrogens is 286 g/mol. The lowest BCUT2D eigenvalue weighted by molar-refractivity contribution is -0.111. The molecule has 3 nitrogen and oxygen atoms in total. The standard InChI is InChI=1S/C20H23NO2/c1-4-15(2)17-8-10-18(11-9-17)21-20(22)14-7-16-5-12-19(23-3)13-6-16/h5-15H,4H2,1-3H3,(H,21,22). The molecule has 120 valence electrons. The van der Waals surface area contributed by atoms with Crippen LogP contribution >= 0.6 is 0 Å². The largest absolute Gasteiger partial charge is 0.497 e. The number of ether oxygens (including phenoxy) is 1. The number of methoxy groups -OCH3 is 1. The molecule has 0 spiro atoms. The van der Waals surface area contributed by atoms with Gasteiger partial charge < -0.3 is 10.1 Å². The second-order valence-corrected chi connectivity index (χ2v) is 5.53. The molecule has 2 aromatic rings. The number of nitrogens with one attached hydrogen (secondary N) is 1. The van der Waals surface area contributed by atoms with Crippen molar-refractivity contribution in [3.8, 4) is 5.75 Å². The highest BCUT2D eigenvalue weighted by Crippen LogP contribution is 2.20. The Labute approximate surface area is 138 Å². The molecule has 0 saturated heterocycles. The molecule has 1 atom stereocenters. The highest BCUT2D eigenvalue weighted by molar-refractivity contribution is 6.01. The van der Waals surface area contributed by atoms with Crippen molar-refractivity contribution >= 4 is 17.7 Å². The van der Waals surface area contributed by atoms with Crippen molar-refractivity contribution in [2.45, 2.75) is 26.2 Å². The molecule has 0 saturated carbocycles. The van der Waals surface area contributed by atoms with Crippen LogP contribution in [0.2, 0.25) is 0 Å². The molecule has 1 amide bonds. The summed E-state index contributed by atoms with van der Waals surface area (Å²) in [5.74, 6) is 1.19. The van der Waals surface area contributed by atoms with Crippen LogP contribution in [0, 0.1) is 0 Å². The number of rotatable bonds is 6. The van der Waals surface area contributed by atoms with E-state index in [-0.39, 0.29) is 5.91 Å². The predicted octanol–water partition coefficient (Wildman–Crippen LogP) is 4.86. The van der Waals surface area contributed by atoms with E-state index in [0.29, 0.717) is 5.92 Å². The fourth-order valence-electron chi connectivity index (χ4n) is 2.20. The third-order valence-electron chi connectivity index (χ3n) is 3.90. The number of anilines is 1. The van der Waals surface area contributed by atoms with Crippen molar-refractivity contribution in [1.82, 2.24) is 0 Å². The first kappa shape index (κ1) is 16.8. The van der Waals surface area contributed by atoms with Crippen LogP contribution in [0.25, 0.3) is 6.08 Å². The molecule has 0 aromatic heterocycles. The first-order chi connectivity index (χ1) is 11.1. The van der Waals surface area contributed by atoms with Gasteiger partial charge in [0.05, 0.1) is 7.11 Å². The minimum Gasteiger partial charge on any atom is -0.497 e. The summed E-state index contributed by atoms with van der Waals surface area (Å²) in [5.41, 5.74) is 3.05. The smallest absolute Gasteiger partial charge is 0.248 e. The van der Waals surface area contributed by atoms with Gasteiger partial charge in [0.15, 0.2) is 0 Å². The van der Waals surface area contributed by atoms with Gasteiger partial charge in [-0.25, -0.2) is 0 Å². The summed E-state index contributed by atoms with van der Waals surface area (Å²) >= 11 is 0. The van der Waals surface area contributed by atoms with Crippen molar-refractivity contribution in [2.24, 2.45) is 0 Å². The van der Waals surface area contributed by atoms with Crippen LogP contribution in [0.4, 0.5) is 5.69 Å². The van der Waals surface area contributed by atoms with Gasteiger partial charge in [-0.1, -0.05) is 38.1 Å². The maximum absolute atomic E-state index is 12.0. The number of hydrogen-bond donors (Lipinski definition) is 1. The molecule has 2 rings (SSSR count). The number of carbonyl (C=O) groups is 1. The topological polar surface area (TPSA) is 38.3 Å². The second-order valence-electron chi connectivity index (χ2n) is 5.53. The molecular formula is C20H23NO2. The van der Waals surface area contributed by atoms with E-state index in [1.54, 1.807) is 13.2 Å². The molecule has 0 aliphatic carbocycles. The summed E-state index contributed by atoms with van der Waals surface area (Å²) < 4.78 is 5.10. The van der Waals surface area contributed by atoms with Gasteiger partial charge in [0.1, 0.15) is 5.75 Å². The quantitative estimate of drug-likeness (QED) is 0.774. The second kappa shape index (κ2) is 8.18. The third kappa shape index (κ3) is 4.99. The molecule has 23 heavy (non-hydrogen) atoms. The summed E-state index contributed by atoms with van der Waals surface area (Å²) in [6, 6.07) is 15.6.